The minimum absolute atomic E-state index is 0.108. The number of benzene rings is 1. The SMILES string of the molecule is Cc1[nH]cnc1CCN(C=S)CC1CC1.Clc1ccc2c(c1)CCc1cccnc1C2.O=C(OC1CCCCC1)N1CCNCC1. The number of aromatic amines is 1. The van der Waals surface area contributed by atoms with E-state index in [0.29, 0.717) is 0 Å². The van der Waals surface area contributed by atoms with Gasteiger partial charge in [0.15, 0.2) is 0 Å². The molecule has 3 aromatic rings. The minimum Gasteiger partial charge on any atom is -0.446 e. The summed E-state index contributed by atoms with van der Waals surface area (Å²) in [5, 5.41) is 4.05. The fraction of sp³-hybridized carbons (Fsp3) is 0.556. The smallest absolute Gasteiger partial charge is 0.410 e. The van der Waals surface area contributed by atoms with Crippen LogP contribution in [0.25, 0.3) is 0 Å². The van der Waals surface area contributed by atoms with E-state index in [1.54, 1.807) is 11.8 Å². The molecule has 3 fully saturated rings. The summed E-state index contributed by atoms with van der Waals surface area (Å²) in [6.07, 6.45) is 16.3. The molecular formula is C36H49ClN6O2S. The minimum atomic E-state index is -0.108. The Morgan fingerprint density at radius 3 is 2.57 bits per heavy atom. The Balaban J connectivity index is 0.000000136. The summed E-state index contributed by atoms with van der Waals surface area (Å²) in [5.41, 5.74) is 9.43. The third kappa shape index (κ3) is 10.8. The molecule has 3 heterocycles. The maximum absolute atomic E-state index is 11.7. The number of aryl methyl sites for hydroxylation is 3. The Labute approximate surface area is 284 Å². The predicted octanol–water partition coefficient (Wildman–Crippen LogP) is 6.72. The van der Waals surface area contributed by atoms with Crippen LogP contribution in [0.1, 0.15) is 78.7 Å². The standard InChI is InChI=1S/C14H12ClN.C11H17N3S.C11H20N2O2/c15-13-6-5-12-9-14-10(2-1-7-16-14)3-4-11(12)8-13;1-9-11(13-7-12-9)4-5-14(8-15)6-10-2-3-10;14-11(13-8-6-12-7-9-13)15-10-4-2-1-3-5-10/h1-2,5-8H,3-4,9H2;7-8,10H,2-6H2,1H3,(H,12,13);10,12H,1-9H2. The summed E-state index contributed by atoms with van der Waals surface area (Å²) in [4.78, 5) is 27.6. The van der Waals surface area contributed by atoms with E-state index >= 15 is 0 Å². The summed E-state index contributed by atoms with van der Waals surface area (Å²) in [5.74, 6) is 0.893. The van der Waals surface area contributed by atoms with Crippen LogP contribution >= 0.6 is 23.8 Å². The molecule has 2 N–H and O–H groups in total. The molecule has 1 aliphatic heterocycles. The van der Waals surface area contributed by atoms with Gasteiger partial charge in [0, 0.05) is 74.7 Å². The number of aromatic nitrogens is 3. The second kappa shape index (κ2) is 17.8. The zero-order chi connectivity index (χ0) is 32.1. The Morgan fingerprint density at radius 1 is 1.07 bits per heavy atom. The third-order valence-corrected chi connectivity index (χ3v) is 9.81. The van der Waals surface area contributed by atoms with E-state index in [1.165, 1.54) is 60.2 Å². The molecular weight excluding hydrogens is 616 g/mol. The lowest BCUT2D eigenvalue weighted by Crippen LogP contribution is -2.47. The van der Waals surface area contributed by atoms with Crippen molar-refractivity contribution in [1.82, 2.24) is 30.1 Å². The molecule has 248 valence electrons. The van der Waals surface area contributed by atoms with Crippen LogP contribution in [-0.4, -0.2) is 81.7 Å². The number of piperazine rings is 1. The highest BCUT2D eigenvalue weighted by atomic mass is 35.5. The van der Waals surface area contributed by atoms with Crippen LogP contribution < -0.4 is 5.32 Å². The molecule has 0 spiro atoms. The van der Waals surface area contributed by atoms with E-state index in [4.69, 9.17) is 28.6 Å². The molecule has 8 nitrogen and oxygen atoms in total. The molecule has 2 saturated carbocycles. The van der Waals surface area contributed by atoms with Crippen LogP contribution in [0.2, 0.25) is 5.02 Å². The number of H-pyrrole nitrogens is 1. The number of amides is 1. The number of rotatable bonds is 7. The summed E-state index contributed by atoms with van der Waals surface area (Å²) < 4.78 is 5.49. The van der Waals surface area contributed by atoms with E-state index in [1.807, 2.05) is 23.2 Å². The number of imidazole rings is 1. The molecule has 0 unspecified atom stereocenters. The van der Waals surface area contributed by atoms with Crippen molar-refractivity contribution in [2.45, 2.75) is 83.7 Å². The van der Waals surface area contributed by atoms with Crippen molar-refractivity contribution in [1.29, 1.82) is 0 Å². The number of halogens is 1. The van der Waals surface area contributed by atoms with Gasteiger partial charge >= 0.3 is 6.09 Å². The zero-order valence-electron chi connectivity index (χ0n) is 27.2. The molecule has 0 radical (unpaired) electrons. The summed E-state index contributed by atoms with van der Waals surface area (Å²) in [6, 6.07) is 10.4. The van der Waals surface area contributed by atoms with Gasteiger partial charge < -0.3 is 24.8 Å². The van der Waals surface area contributed by atoms with Gasteiger partial charge in [0.2, 0.25) is 0 Å². The fourth-order valence-electron chi connectivity index (χ4n) is 6.26. The predicted molar refractivity (Wildman–Crippen MR) is 189 cm³/mol. The van der Waals surface area contributed by atoms with Crippen molar-refractivity contribution < 1.29 is 9.53 Å². The zero-order valence-corrected chi connectivity index (χ0v) is 28.8. The van der Waals surface area contributed by atoms with Gasteiger partial charge in [-0.3, -0.25) is 4.98 Å². The van der Waals surface area contributed by atoms with Crippen LogP contribution in [0.3, 0.4) is 0 Å². The lowest BCUT2D eigenvalue weighted by atomic mass is 9.98. The number of pyridine rings is 1. The molecule has 4 aliphatic rings. The van der Waals surface area contributed by atoms with Crippen LogP contribution in [0.4, 0.5) is 4.79 Å². The summed E-state index contributed by atoms with van der Waals surface area (Å²) in [6.45, 7) is 7.53. The number of carbonyl (C=O) groups is 1. The van der Waals surface area contributed by atoms with Gasteiger partial charge in [-0.2, -0.15) is 0 Å². The number of ether oxygens (including phenoxy) is 1. The van der Waals surface area contributed by atoms with Crippen molar-refractivity contribution in [3.05, 3.63) is 81.7 Å². The van der Waals surface area contributed by atoms with Crippen LogP contribution in [0, 0.1) is 12.8 Å². The first-order valence-corrected chi connectivity index (χ1v) is 17.9. The fourth-order valence-corrected chi connectivity index (χ4v) is 6.65. The Bertz CT molecular complexity index is 1400. The Kier molecular flexibility index (Phi) is 13.3. The molecule has 0 bridgehead atoms. The first-order valence-electron chi connectivity index (χ1n) is 17.0. The van der Waals surface area contributed by atoms with E-state index in [0.717, 1.165) is 94.4 Å². The Morgan fingerprint density at radius 2 is 1.85 bits per heavy atom. The molecule has 46 heavy (non-hydrogen) atoms. The average molecular weight is 665 g/mol. The number of hydrogen-bond donors (Lipinski definition) is 2. The van der Waals surface area contributed by atoms with Gasteiger partial charge in [0.25, 0.3) is 0 Å². The molecule has 3 aliphatic carbocycles. The second-order valence-electron chi connectivity index (χ2n) is 12.8. The molecule has 1 aromatic carbocycles. The highest BCUT2D eigenvalue weighted by Crippen LogP contribution is 2.29. The first-order chi connectivity index (χ1) is 22.5. The maximum atomic E-state index is 11.7. The number of nitrogens with zero attached hydrogens (tertiary/aromatic N) is 4. The molecule has 0 atom stereocenters. The number of thiocarbonyl (C=S) groups is 1. The van der Waals surface area contributed by atoms with Crippen LogP contribution in [0.15, 0.2) is 42.9 Å². The van der Waals surface area contributed by atoms with E-state index < -0.39 is 0 Å². The van der Waals surface area contributed by atoms with E-state index in [2.05, 4.69) is 50.3 Å². The number of carbonyl (C=O) groups excluding carboxylic acids is 1. The molecule has 2 aromatic heterocycles. The average Bonchev–Trinajstić information content (AvgIpc) is 3.85. The van der Waals surface area contributed by atoms with Gasteiger partial charge in [-0.05, 0) is 99.1 Å². The van der Waals surface area contributed by atoms with Crippen molar-refractivity contribution in [3.8, 4) is 0 Å². The van der Waals surface area contributed by atoms with Gasteiger partial charge in [-0.1, -0.05) is 42.4 Å². The van der Waals surface area contributed by atoms with Gasteiger partial charge in [-0.15, -0.1) is 0 Å². The van der Waals surface area contributed by atoms with E-state index in [-0.39, 0.29) is 12.2 Å². The highest BCUT2D eigenvalue weighted by Gasteiger charge is 2.24. The van der Waals surface area contributed by atoms with Gasteiger partial charge in [0.05, 0.1) is 17.5 Å². The summed E-state index contributed by atoms with van der Waals surface area (Å²) in [7, 11) is 0. The normalized spacial score (nSPS) is 17.6. The molecule has 1 amide bonds. The van der Waals surface area contributed by atoms with Gasteiger partial charge in [-0.25, -0.2) is 9.78 Å². The maximum Gasteiger partial charge on any atom is 0.410 e. The van der Waals surface area contributed by atoms with Crippen molar-refractivity contribution in [2.75, 3.05) is 39.3 Å². The third-order valence-electron chi connectivity index (χ3n) is 9.28. The van der Waals surface area contributed by atoms with E-state index in [9.17, 15) is 4.79 Å². The second-order valence-corrected chi connectivity index (χ2v) is 13.5. The Hall–Kier alpha value is -3.01. The largest absolute Gasteiger partial charge is 0.446 e. The topological polar surface area (TPSA) is 86.4 Å². The molecule has 10 heteroatoms. The first kappa shape index (κ1) is 34.3. The van der Waals surface area contributed by atoms with Crippen molar-refractivity contribution in [2.24, 2.45) is 5.92 Å². The van der Waals surface area contributed by atoms with Gasteiger partial charge in [0.1, 0.15) is 6.10 Å². The monoisotopic (exact) mass is 664 g/mol. The summed E-state index contributed by atoms with van der Waals surface area (Å²) >= 11 is 11.0. The number of fused-ring (bicyclic) bond motifs is 2. The van der Waals surface area contributed by atoms with Crippen LogP contribution in [0.5, 0.6) is 0 Å². The quantitative estimate of drug-likeness (QED) is 0.272. The molecule has 7 rings (SSSR count). The lowest BCUT2D eigenvalue weighted by molar-refractivity contribution is 0.0433. The molecule has 1 saturated heterocycles. The number of nitrogens with one attached hydrogen (secondary N) is 2. The van der Waals surface area contributed by atoms with Crippen molar-refractivity contribution >= 4 is 35.4 Å². The highest BCUT2D eigenvalue weighted by molar-refractivity contribution is 7.78. The lowest BCUT2D eigenvalue weighted by Gasteiger charge is -2.29. The van der Waals surface area contributed by atoms with Crippen molar-refractivity contribution in [3.63, 3.8) is 0 Å². The van der Waals surface area contributed by atoms with Crippen LogP contribution in [-0.2, 0) is 30.4 Å². The number of hydrogen-bond acceptors (Lipinski definition) is 6.